The van der Waals surface area contributed by atoms with Crippen LogP contribution in [0.1, 0.15) is 18.1 Å². The van der Waals surface area contributed by atoms with Crippen molar-refractivity contribution in [2.45, 2.75) is 19.6 Å². The number of nitrogens with two attached hydrogens (primary N) is 1. The van der Waals surface area contributed by atoms with Gasteiger partial charge in [0, 0.05) is 0 Å². The fourth-order valence-corrected chi connectivity index (χ4v) is 1.35. The molecule has 0 radical (unpaired) electrons. The molecule has 0 fully saturated rings. The summed E-state index contributed by atoms with van der Waals surface area (Å²) in [6.45, 7) is 1.46. The summed E-state index contributed by atoms with van der Waals surface area (Å²) in [5.41, 5.74) is 4.29. The summed E-state index contributed by atoms with van der Waals surface area (Å²) in [5.74, 6) is -0.813. The molecular weight excluding hydrogens is 248 g/mol. The Morgan fingerprint density at radius 2 is 2.06 bits per heavy atom. The Morgan fingerprint density at radius 3 is 2.61 bits per heavy atom. The van der Waals surface area contributed by atoms with E-state index >= 15 is 0 Å². The molecule has 0 aliphatic rings. The molecule has 0 heterocycles. The van der Waals surface area contributed by atoms with Gasteiger partial charge in [0.15, 0.2) is 0 Å². The van der Waals surface area contributed by atoms with Crippen LogP contribution >= 0.6 is 0 Å². The zero-order valence-electron chi connectivity index (χ0n) is 9.63. The first-order valence-corrected chi connectivity index (χ1v) is 5.13. The zero-order valence-corrected chi connectivity index (χ0v) is 9.63. The highest BCUT2D eigenvalue weighted by Crippen LogP contribution is 2.32. The summed E-state index contributed by atoms with van der Waals surface area (Å²) < 4.78 is 50.7. The van der Waals surface area contributed by atoms with Crippen molar-refractivity contribution in [2.75, 3.05) is 0 Å². The molecule has 0 aromatic heterocycles. The Morgan fingerprint density at radius 1 is 1.39 bits per heavy atom. The minimum absolute atomic E-state index is 0.114. The first-order chi connectivity index (χ1) is 8.34. The van der Waals surface area contributed by atoms with Gasteiger partial charge in [0.25, 0.3) is 0 Å². The van der Waals surface area contributed by atoms with Gasteiger partial charge in [-0.25, -0.2) is 4.39 Å². The third-order valence-corrected chi connectivity index (χ3v) is 2.15. The molecule has 1 aromatic rings. The van der Waals surface area contributed by atoms with Gasteiger partial charge in [0.2, 0.25) is 0 Å². The molecule has 98 valence electrons. The molecule has 0 aliphatic carbocycles. The van der Waals surface area contributed by atoms with Crippen molar-refractivity contribution in [2.24, 2.45) is 10.7 Å². The Kier molecular flexibility index (Phi) is 4.47. The van der Waals surface area contributed by atoms with Crippen LogP contribution in [-0.2, 0) is 12.7 Å². The molecule has 2 N–H and O–H groups in total. The maximum absolute atomic E-state index is 12.8. The Bertz CT molecular complexity index is 475. The third kappa shape index (κ3) is 3.87. The minimum Gasteiger partial charge on any atom is -0.384 e. The lowest BCUT2D eigenvalue weighted by Crippen LogP contribution is -2.11. The van der Waals surface area contributed by atoms with Crippen molar-refractivity contribution in [1.82, 2.24) is 0 Å². The molecule has 0 spiro atoms. The van der Waals surface area contributed by atoms with Crippen molar-refractivity contribution in [3.63, 3.8) is 0 Å². The van der Waals surface area contributed by atoms with Crippen LogP contribution in [0.15, 0.2) is 35.3 Å². The van der Waals surface area contributed by atoms with E-state index in [4.69, 9.17) is 5.73 Å². The van der Waals surface area contributed by atoms with Crippen LogP contribution in [0, 0.1) is 5.82 Å². The highest BCUT2D eigenvalue weighted by molar-refractivity contribution is 5.91. The van der Waals surface area contributed by atoms with Gasteiger partial charge in [0.1, 0.15) is 11.7 Å². The van der Waals surface area contributed by atoms with E-state index in [1.807, 2.05) is 0 Å². The van der Waals surface area contributed by atoms with E-state index in [1.54, 1.807) is 13.0 Å². The lowest BCUT2D eigenvalue weighted by atomic mass is 10.1. The first kappa shape index (κ1) is 14.2. The average molecular weight is 260 g/mol. The van der Waals surface area contributed by atoms with Crippen LogP contribution in [0.5, 0.6) is 0 Å². The van der Waals surface area contributed by atoms with E-state index in [0.29, 0.717) is 6.07 Å². The fraction of sp³-hybridized carbons (Fsp3) is 0.250. The van der Waals surface area contributed by atoms with Crippen molar-refractivity contribution in [3.8, 4) is 0 Å². The van der Waals surface area contributed by atoms with Crippen molar-refractivity contribution >= 4 is 5.84 Å². The smallest absolute Gasteiger partial charge is 0.384 e. The topological polar surface area (TPSA) is 38.4 Å². The van der Waals surface area contributed by atoms with Gasteiger partial charge in [-0.1, -0.05) is 12.1 Å². The summed E-state index contributed by atoms with van der Waals surface area (Å²) in [5, 5.41) is 0. The molecule has 18 heavy (non-hydrogen) atoms. The van der Waals surface area contributed by atoms with Crippen LogP contribution in [0.3, 0.4) is 0 Å². The highest BCUT2D eigenvalue weighted by Gasteiger charge is 2.33. The number of halogens is 4. The third-order valence-electron chi connectivity index (χ3n) is 2.15. The number of hydrogen-bond donors (Lipinski definition) is 1. The number of hydrogen-bond acceptors (Lipinski definition) is 1. The van der Waals surface area contributed by atoms with Crippen LogP contribution in [0.2, 0.25) is 0 Å². The first-order valence-electron chi connectivity index (χ1n) is 5.13. The van der Waals surface area contributed by atoms with E-state index in [9.17, 15) is 17.6 Å². The van der Waals surface area contributed by atoms with Crippen LogP contribution in [0.25, 0.3) is 0 Å². The van der Waals surface area contributed by atoms with Gasteiger partial charge in [-0.2, -0.15) is 13.2 Å². The summed E-state index contributed by atoms with van der Waals surface area (Å²) in [4.78, 5) is 3.77. The molecule has 0 amide bonds. The Labute approximate surface area is 102 Å². The van der Waals surface area contributed by atoms with E-state index < -0.39 is 17.6 Å². The lowest BCUT2D eigenvalue weighted by molar-refractivity contribution is -0.138. The molecule has 1 aromatic carbocycles. The highest BCUT2D eigenvalue weighted by atomic mass is 19.4. The fourth-order valence-electron chi connectivity index (χ4n) is 1.35. The molecule has 6 heteroatoms. The van der Waals surface area contributed by atoms with E-state index in [-0.39, 0.29) is 17.9 Å². The predicted octanol–water partition coefficient (Wildman–Crippen LogP) is 3.28. The molecular formula is C12H12F4N2. The number of rotatable bonds is 3. The summed E-state index contributed by atoms with van der Waals surface area (Å²) in [7, 11) is 0. The number of alkyl halides is 3. The SMILES string of the molecule is CC=CC(N)=NCc1ccc(F)cc1C(F)(F)F. The predicted molar refractivity (Wildman–Crippen MR) is 61.5 cm³/mol. The molecule has 0 atom stereocenters. The molecule has 0 aliphatic heterocycles. The van der Waals surface area contributed by atoms with Gasteiger partial charge in [-0.3, -0.25) is 4.99 Å². The second-order valence-corrected chi connectivity index (χ2v) is 3.54. The van der Waals surface area contributed by atoms with E-state index in [2.05, 4.69) is 4.99 Å². The maximum atomic E-state index is 12.8. The van der Waals surface area contributed by atoms with Crippen molar-refractivity contribution < 1.29 is 17.6 Å². The molecule has 1 rings (SSSR count). The van der Waals surface area contributed by atoms with E-state index in [1.165, 1.54) is 6.08 Å². The van der Waals surface area contributed by atoms with Gasteiger partial charge < -0.3 is 5.73 Å². The quantitative estimate of drug-likeness (QED) is 0.505. The summed E-state index contributed by atoms with van der Waals surface area (Å²) in [6.07, 6.45) is -1.52. The summed E-state index contributed by atoms with van der Waals surface area (Å²) in [6, 6.07) is 2.48. The number of amidine groups is 1. The minimum atomic E-state index is -4.61. The average Bonchev–Trinajstić information content (AvgIpc) is 2.26. The molecule has 0 bridgehead atoms. The van der Waals surface area contributed by atoms with Gasteiger partial charge in [-0.15, -0.1) is 0 Å². The molecule has 0 unspecified atom stereocenters. The second kappa shape index (κ2) is 5.66. The maximum Gasteiger partial charge on any atom is 0.416 e. The Balaban J connectivity index is 3.06. The van der Waals surface area contributed by atoms with Gasteiger partial charge >= 0.3 is 6.18 Å². The Hall–Kier alpha value is -1.85. The number of nitrogens with zero attached hydrogens (tertiary/aromatic N) is 1. The van der Waals surface area contributed by atoms with Crippen LogP contribution in [0.4, 0.5) is 17.6 Å². The van der Waals surface area contributed by atoms with Gasteiger partial charge in [-0.05, 0) is 30.7 Å². The molecule has 0 saturated carbocycles. The molecule has 2 nitrogen and oxygen atoms in total. The van der Waals surface area contributed by atoms with Crippen LogP contribution < -0.4 is 5.73 Å². The number of aliphatic imine (C=N–C) groups is 1. The lowest BCUT2D eigenvalue weighted by Gasteiger charge is -2.11. The zero-order chi connectivity index (χ0) is 13.8. The normalized spacial score (nSPS) is 13.3. The number of allylic oxidation sites excluding steroid dienone is 1. The van der Waals surface area contributed by atoms with Crippen molar-refractivity contribution in [3.05, 3.63) is 47.3 Å². The largest absolute Gasteiger partial charge is 0.416 e. The van der Waals surface area contributed by atoms with Crippen LogP contribution in [-0.4, -0.2) is 5.84 Å². The second-order valence-electron chi connectivity index (χ2n) is 3.54. The monoisotopic (exact) mass is 260 g/mol. The van der Waals surface area contributed by atoms with Gasteiger partial charge in [0.05, 0.1) is 12.1 Å². The number of benzene rings is 1. The van der Waals surface area contributed by atoms with Crippen molar-refractivity contribution in [1.29, 1.82) is 0 Å². The van der Waals surface area contributed by atoms with E-state index in [0.717, 1.165) is 12.1 Å². The standard InChI is InChI=1S/C12H12F4N2/c1-2-3-11(17)18-7-8-4-5-9(13)6-10(8)12(14,15)16/h2-6H,7H2,1H3,(H2,17,18). The molecule has 0 saturated heterocycles. The summed E-state index contributed by atoms with van der Waals surface area (Å²) >= 11 is 0.